The highest BCUT2D eigenvalue weighted by molar-refractivity contribution is 5.94. The van der Waals surface area contributed by atoms with Gasteiger partial charge in [0, 0.05) is 17.2 Å². The molecule has 2 aromatic carbocycles. The van der Waals surface area contributed by atoms with Crippen molar-refractivity contribution in [2.45, 2.75) is 76.1 Å². The van der Waals surface area contributed by atoms with Crippen LogP contribution in [0.3, 0.4) is 0 Å². The molecule has 1 aliphatic rings. The molecule has 1 fully saturated rings. The molecule has 0 bridgehead atoms. The molecule has 9 heteroatoms. The second-order valence-corrected chi connectivity index (χ2v) is 9.06. The highest BCUT2D eigenvalue weighted by atomic mass is 19.1. The van der Waals surface area contributed by atoms with Crippen LogP contribution in [-0.4, -0.2) is 70.2 Å². The Bertz CT molecular complexity index is 969. The topological polar surface area (TPSA) is 128 Å². The zero-order valence-corrected chi connectivity index (χ0v) is 20.5. The van der Waals surface area contributed by atoms with Gasteiger partial charge in [-0.2, -0.15) is 0 Å². The summed E-state index contributed by atoms with van der Waals surface area (Å²) < 4.78 is 25.7. The molecule has 5 N–H and O–H groups in total. The number of hydrogen-bond acceptors (Lipinski definition) is 7. The molecule has 1 heterocycles. The third-order valence-corrected chi connectivity index (χ3v) is 6.33. The minimum absolute atomic E-state index is 0.218. The van der Waals surface area contributed by atoms with Crippen LogP contribution in [0.15, 0.2) is 42.5 Å². The van der Waals surface area contributed by atoms with E-state index in [1.54, 1.807) is 24.3 Å². The van der Waals surface area contributed by atoms with E-state index in [4.69, 9.17) is 9.47 Å². The van der Waals surface area contributed by atoms with Crippen LogP contribution in [0.4, 0.5) is 4.39 Å². The third-order valence-electron chi connectivity index (χ3n) is 6.33. The molecule has 0 unspecified atom stereocenters. The Labute approximate surface area is 210 Å². The fraction of sp³-hybridized carbons (Fsp3) is 0.519. The Morgan fingerprint density at radius 2 is 1.67 bits per heavy atom. The van der Waals surface area contributed by atoms with Crippen molar-refractivity contribution in [3.8, 4) is 16.9 Å². The SMILES string of the molecule is CCCCCCCCOc1ccc(-c2ccc(C(=O)N[C@@H]3O[C@H](CO)[C@@H](O)[C@H](O)[C@@H]3O)cc2)c(F)c1. The maximum Gasteiger partial charge on any atom is 0.253 e. The minimum atomic E-state index is -1.59. The van der Waals surface area contributed by atoms with Crippen LogP contribution in [0, 0.1) is 5.82 Å². The molecule has 5 atom stereocenters. The van der Waals surface area contributed by atoms with E-state index in [1.807, 2.05) is 0 Å². The summed E-state index contributed by atoms with van der Waals surface area (Å²) in [7, 11) is 0. The number of nitrogens with one attached hydrogen (secondary N) is 1. The number of halogens is 1. The van der Waals surface area contributed by atoms with Gasteiger partial charge in [-0.25, -0.2) is 4.39 Å². The molecule has 36 heavy (non-hydrogen) atoms. The standard InChI is InChI=1S/C27H36FNO7/c1-2-3-4-5-6-7-14-35-19-12-13-20(21(28)15-19)17-8-10-18(11-9-17)26(34)29-27-25(33)24(32)23(31)22(16-30)36-27/h8-13,15,22-25,27,30-33H,2-7,14,16H2,1H3,(H,29,34)/t22-,23-,24+,25+,27-/m1/s1. The van der Waals surface area contributed by atoms with E-state index in [9.17, 15) is 29.6 Å². The molecule has 0 aromatic heterocycles. The minimum Gasteiger partial charge on any atom is -0.493 e. The van der Waals surface area contributed by atoms with Crippen molar-refractivity contribution in [1.29, 1.82) is 0 Å². The first-order valence-electron chi connectivity index (χ1n) is 12.5. The summed E-state index contributed by atoms with van der Waals surface area (Å²) in [6.45, 7) is 2.13. The second kappa shape index (κ2) is 13.7. The number of carbonyl (C=O) groups excluding carboxylic acids is 1. The lowest BCUT2D eigenvalue weighted by Crippen LogP contribution is -2.63. The number of amides is 1. The molecular weight excluding hydrogens is 469 g/mol. The largest absolute Gasteiger partial charge is 0.493 e. The maximum absolute atomic E-state index is 14.7. The van der Waals surface area contributed by atoms with E-state index in [-0.39, 0.29) is 5.56 Å². The average molecular weight is 506 g/mol. The smallest absolute Gasteiger partial charge is 0.253 e. The normalized spacial score (nSPS) is 23.9. The van der Waals surface area contributed by atoms with Gasteiger partial charge >= 0.3 is 0 Å². The number of hydrogen-bond donors (Lipinski definition) is 5. The number of aliphatic hydroxyl groups is 4. The van der Waals surface area contributed by atoms with Crippen LogP contribution >= 0.6 is 0 Å². The fourth-order valence-corrected chi connectivity index (χ4v) is 4.13. The number of benzene rings is 2. The van der Waals surface area contributed by atoms with Crippen LogP contribution < -0.4 is 10.1 Å². The van der Waals surface area contributed by atoms with Gasteiger partial charge in [-0.05, 0) is 36.2 Å². The predicted molar refractivity (Wildman–Crippen MR) is 132 cm³/mol. The third kappa shape index (κ3) is 7.24. The summed E-state index contributed by atoms with van der Waals surface area (Å²) in [5.41, 5.74) is 1.15. The van der Waals surface area contributed by atoms with Crippen LogP contribution in [0.25, 0.3) is 11.1 Å². The van der Waals surface area contributed by atoms with E-state index in [2.05, 4.69) is 12.2 Å². The summed E-state index contributed by atoms with van der Waals surface area (Å²) in [4.78, 5) is 12.6. The predicted octanol–water partition coefficient (Wildman–Crippen LogP) is 2.76. The quantitative estimate of drug-likeness (QED) is 0.281. The Morgan fingerprint density at radius 3 is 2.33 bits per heavy atom. The molecule has 0 saturated carbocycles. The van der Waals surface area contributed by atoms with E-state index in [0.717, 1.165) is 12.8 Å². The van der Waals surface area contributed by atoms with E-state index in [0.29, 0.717) is 23.5 Å². The number of unbranched alkanes of at least 4 members (excludes halogenated alkanes) is 5. The van der Waals surface area contributed by atoms with Crippen molar-refractivity contribution in [2.75, 3.05) is 13.2 Å². The first-order chi connectivity index (χ1) is 17.3. The Kier molecular flexibility index (Phi) is 10.6. The van der Waals surface area contributed by atoms with E-state index in [1.165, 1.54) is 43.9 Å². The van der Waals surface area contributed by atoms with Gasteiger partial charge < -0.3 is 35.2 Å². The first-order valence-corrected chi connectivity index (χ1v) is 12.5. The molecule has 1 amide bonds. The lowest BCUT2D eigenvalue weighted by molar-refractivity contribution is -0.233. The molecule has 1 saturated heterocycles. The first kappa shape index (κ1) is 28.0. The highest BCUT2D eigenvalue weighted by Crippen LogP contribution is 2.27. The van der Waals surface area contributed by atoms with Gasteiger partial charge in [-0.15, -0.1) is 0 Å². The van der Waals surface area contributed by atoms with Crippen molar-refractivity contribution in [3.63, 3.8) is 0 Å². The molecule has 2 aromatic rings. The summed E-state index contributed by atoms with van der Waals surface area (Å²) >= 11 is 0. The van der Waals surface area contributed by atoms with Crippen LogP contribution in [0.1, 0.15) is 55.8 Å². The van der Waals surface area contributed by atoms with Crippen molar-refractivity contribution in [3.05, 3.63) is 53.8 Å². The van der Waals surface area contributed by atoms with Crippen LogP contribution in [-0.2, 0) is 4.74 Å². The van der Waals surface area contributed by atoms with Crippen molar-refractivity contribution in [2.24, 2.45) is 0 Å². The Balaban J connectivity index is 1.55. The molecule has 0 aliphatic carbocycles. The Hall–Kier alpha value is -2.56. The summed E-state index contributed by atoms with van der Waals surface area (Å²) in [6.07, 6.45) is -0.250. The van der Waals surface area contributed by atoms with Gasteiger partial charge in [-0.3, -0.25) is 4.79 Å². The van der Waals surface area contributed by atoms with Crippen molar-refractivity contribution >= 4 is 5.91 Å². The van der Waals surface area contributed by atoms with Crippen molar-refractivity contribution < 1.29 is 39.1 Å². The highest BCUT2D eigenvalue weighted by Gasteiger charge is 2.44. The summed E-state index contributed by atoms with van der Waals surface area (Å²) in [5.74, 6) is -0.570. The molecule has 0 spiro atoms. The number of aliphatic hydroxyl groups excluding tert-OH is 4. The zero-order valence-electron chi connectivity index (χ0n) is 20.5. The molecular formula is C27H36FNO7. The number of carbonyl (C=O) groups is 1. The van der Waals surface area contributed by atoms with E-state index < -0.39 is 49.0 Å². The van der Waals surface area contributed by atoms with Gasteiger partial charge in [0.2, 0.25) is 0 Å². The lowest BCUT2D eigenvalue weighted by Gasteiger charge is -2.40. The summed E-state index contributed by atoms with van der Waals surface area (Å²) in [6, 6.07) is 10.9. The second-order valence-electron chi connectivity index (χ2n) is 9.06. The summed E-state index contributed by atoms with van der Waals surface area (Å²) in [5, 5.41) is 41.5. The zero-order chi connectivity index (χ0) is 26.1. The molecule has 1 aliphatic heterocycles. The van der Waals surface area contributed by atoms with Crippen LogP contribution in [0.5, 0.6) is 5.75 Å². The van der Waals surface area contributed by atoms with Gasteiger partial charge in [-0.1, -0.05) is 51.2 Å². The van der Waals surface area contributed by atoms with Gasteiger partial charge in [0.05, 0.1) is 13.2 Å². The van der Waals surface area contributed by atoms with Crippen molar-refractivity contribution in [1.82, 2.24) is 5.32 Å². The lowest BCUT2D eigenvalue weighted by atomic mass is 9.98. The molecule has 8 nitrogen and oxygen atoms in total. The fourth-order valence-electron chi connectivity index (χ4n) is 4.13. The van der Waals surface area contributed by atoms with Gasteiger partial charge in [0.15, 0.2) is 6.23 Å². The van der Waals surface area contributed by atoms with Crippen LogP contribution in [0.2, 0.25) is 0 Å². The average Bonchev–Trinajstić information content (AvgIpc) is 2.88. The van der Waals surface area contributed by atoms with Gasteiger partial charge in [0.25, 0.3) is 5.91 Å². The van der Waals surface area contributed by atoms with E-state index >= 15 is 0 Å². The molecule has 198 valence electrons. The molecule has 3 rings (SSSR count). The number of rotatable bonds is 12. The molecule has 0 radical (unpaired) electrons. The monoisotopic (exact) mass is 505 g/mol. The number of ether oxygens (including phenoxy) is 2. The maximum atomic E-state index is 14.7. The van der Waals surface area contributed by atoms with Gasteiger partial charge in [0.1, 0.15) is 36.0 Å². The Morgan fingerprint density at radius 1 is 0.972 bits per heavy atom.